The second-order valence-electron chi connectivity index (χ2n) is 18.2. The van der Waals surface area contributed by atoms with Crippen molar-refractivity contribution in [3.8, 4) is 0 Å². The first-order valence-electron chi connectivity index (χ1n) is 24.9. The Bertz CT molecular complexity index is 3720. The summed E-state index contributed by atoms with van der Waals surface area (Å²) in [6, 6.07) is 87.7. The minimum atomic E-state index is -8.02. The van der Waals surface area contributed by atoms with E-state index in [0.29, 0.717) is 0 Å². The van der Waals surface area contributed by atoms with Crippen molar-refractivity contribution in [2.75, 3.05) is 0 Å². The van der Waals surface area contributed by atoms with Crippen LogP contribution in [-0.4, -0.2) is 83.6 Å². The monoisotopic (exact) mass is 1630 g/mol. The van der Waals surface area contributed by atoms with Gasteiger partial charge < -0.3 is 17.0 Å². The maximum atomic E-state index is 12.0. The van der Waals surface area contributed by atoms with Gasteiger partial charge >= 0.3 is 84.4 Å². The standard InChI is InChI=1S/2C24H20P.2C4F9O6S3.CH4.BrH.K/c2*1-5-13-21(14-6-1)25(22-15-7-2-8-16-22,23-17-9-3-10-18-23)24-19-11-4-12-20-24;2*5-2(6,7)20(14,15)1(21(16,17)3(8,9)10)22(18,19)4(11,12)13;;;/h2*1-20H;;;1H4;1H;/q2*+1;2*-1;;;+1/p-1. The molecular formula is C57H44BrF18KO12P2S6. The predicted octanol–water partition coefficient (Wildman–Crippen LogP) is 5.73. The molecule has 0 spiro atoms. The first kappa shape index (κ1) is 88.3. The third-order valence-corrected chi connectivity index (χ3v) is 35.1. The summed E-state index contributed by atoms with van der Waals surface area (Å²) in [6.45, 7) is 0. The summed E-state index contributed by atoms with van der Waals surface area (Å²) < 4.78 is 335. The molecule has 40 heteroatoms. The fraction of sp³-hybridized carbons (Fsp3) is 0.123. The number of benzene rings is 8. The molecule has 0 aliphatic rings. The summed E-state index contributed by atoms with van der Waals surface area (Å²) >= 11 is 0. The van der Waals surface area contributed by atoms with E-state index in [2.05, 4.69) is 243 Å². The van der Waals surface area contributed by atoms with Crippen LogP contribution in [0, 0.1) is 7.83 Å². The molecule has 0 radical (unpaired) electrons. The third-order valence-electron chi connectivity index (χ3n) is 12.3. The minimum Gasteiger partial charge on any atom is -1.00 e. The zero-order valence-electron chi connectivity index (χ0n) is 47.5. The van der Waals surface area contributed by atoms with Gasteiger partial charge in [0, 0.05) is 0 Å². The van der Waals surface area contributed by atoms with Crippen LogP contribution in [0.2, 0.25) is 0 Å². The molecule has 0 aliphatic carbocycles. The van der Waals surface area contributed by atoms with Crippen molar-refractivity contribution in [2.24, 2.45) is 0 Å². The number of alkyl halides is 18. The molecular weight excluding hydrogens is 1590 g/mol. The summed E-state index contributed by atoms with van der Waals surface area (Å²) in [6.07, 6.45) is 0. The van der Waals surface area contributed by atoms with E-state index in [-0.39, 0.29) is 75.8 Å². The maximum absolute atomic E-state index is 12.0. The second kappa shape index (κ2) is 33.3. The van der Waals surface area contributed by atoms with Crippen LogP contribution in [0.5, 0.6) is 0 Å². The van der Waals surface area contributed by atoms with E-state index in [1.165, 1.54) is 42.4 Å². The van der Waals surface area contributed by atoms with Crippen LogP contribution in [0.4, 0.5) is 79.0 Å². The van der Waals surface area contributed by atoms with E-state index in [1.54, 1.807) is 0 Å². The Morgan fingerprint density at radius 1 is 0.206 bits per heavy atom. The van der Waals surface area contributed by atoms with Gasteiger partial charge in [-0.15, -0.1) is 0 Å². The van der Waals surface area contributed by atoms with Gasteiger partial charge in [-0.25, -0.2) is 0 Å². The van der Waals surface area contributed by atoms with E-state index in [9.17, 15) is 130 Å². The van der Waals surface area contributed by atoms with Gasteiger partial charge in [-0.3, -0.25) is 50.5 Å². The molecule has 0 aliphatic heterocycles. The molecule has 12 nitrogen and oxygen atoms in total. The summed E-state index contributed by atoms with van der Waals surface area (Å²) in [4.78, 5) is 0. The van der Waals surface area contributed by atoms with E-state index in [1.807, 2.05) is 0 Å². The van der Waals surface area contributed by atoms with Gasteiger partial charge in [0.05, 0.1) is 7.83 Å². The van der Waals surface area contributed by atoms with Crippen LogP contribution < -0.4 is 111 Å². The third kappa shape index (κ3) is 18.6. The van der Waals surface area contributed by atoms with Crippen molar-refractivity contribution >= 4 is 116 Å². The SMILES string of the molecule is C.O=S(=O)([C-](S(=O)(=O)C(F)(F)F)S(=O)(=O)C(F)(F)F)C(F)(F)F.O=S(=O)([C-](S(=O)(=O)C(F)(F)F)S(=O)(=O)C(F)(F)F)C(F)(F)F.[Br-].[K+].c1ccc([P+](c2ccccc2)(c2ccccc2)c2ccccc2)cc1.c1ccc([P+](c2ccccc2)(c2ccccc2)c2ccccc2)cc1. The Morgan fingerprint density at radius 2 is 0.289 bits per heavy atom. The molecule has 97 heavy (non-hydrogen) atoms. The topological polar surface area (TPSA) is 205 Å². The van der Waals surface area contributed by atoms with Crippen molar-refractivity contribution in [2.45, 2.75) is 40.5 Å². The second-order valence-corrected chi connectivity index (χ2v) is 37.9. The van der Waals surface area contributed by atoms with Crippen LogP contribution in [0.1, 0.15) is 7.43 Å². The smallest absolute Gasteiger partial charge is 1.00 e. The maximum Gasteiger partial charge on any atom is 1.00 e. The van der Waals surface area contributed by atoms with Crippen LogP contribution >= 0.6 is 14.5 Å². The largest absolute Gasteiger partial charge is 1.00 e. The van der Waals surface area contributed by atoms with Gasteiger partial charge in [-0.05, 0) is 97.1 Å². The normalized spacial score (nSPS) is 13.1. The molecule has 0 amide bonds. The molecule has 0 fully saturated rings. The van der Waals surface area contributed by atoms with Crippen molar-refractivity contribution in [1.82, 2.24) is 0 Å². The molecule has 0 N–H and O–H groups in total. The Balaban J connectivity index is 0.000000437. The Kier molecular flexibility index (Phi) is 30.3. The Morgan fingerprint density at radius 3 is 0.361 bits per heavy atom. The molecule has 0 saturated carbocycles. The van der Waals surface area contributed by atoms with Gasteiger partial charge in [-0.1, -0.05) is 153 Å². The molecule has 8 aromatic rings. The van der Waals surface area contributed by atoms with Gasteiger partial charge in [0.25, 0.3) is 0 Å². The minimum absolute atomic E-state index is 0. The molecule has 0 atom stereocenters. The fourth-order valence-electron chi connectivity index (χ4n) is 8.44. The predicted molar refractivity (Wildman–Crippen MR) is 326 cm³/mol. The first-order valence-corrected chi connectivity index (χ1v) is 37.4. The Labute approximate surface area is 598 Å². The van der Waals surface area contributed by atoms with Crippen LogP contribution in [-0.2, 0) is 59.0 Å². The van der Waals surface area contributed by atoms with Gasteiger partial charge in [0.2, 0.25) is 0 Å². The van der Waals surface area contributed by atoms with Crippen molar-refractivity contribution < 1.29 is 198 Å². The molecule has 0 unspecified atom stereocenters. The molecule has 0 heterocycles. The molecule has 8 rings (SSSR count). The fourth-order valence-corrected chi connectivity index (χ4v) is 28.4. The summed E-state index contributed by atoms with van der Waals surface area (Å²) in [5.74, 6) is 0. The summed E-state index contributed by atoms with van der Waals surface area (Å²) in [5, 5.41) is 11.1. The van der Waals surface area contributed by atoms with Crippen LogP contribution in [0.3, 0.4) is 0 Å². The number of sulfone groups is 6. The Hall–Kier alpha value is -4.82. The quantitative estimate of drug-likeness (QED) is 0.0555. The van der Waals surface area contributed by atoms with Crippen molar-refractivity contribution in [3.05, 3.63) is 250 Å². The van der Waals surface area contributed by atoms with Crippen LogP contribution in [0.15, 0.2) is 243 Å². The summed E-state index contributed by atoms with van der Waals surface area (Å²) in [5.41, 5.74) is -42.3. The number of hydrogen-bond acceptors (Lipinski definition) is 12. The number of rotatable bonds is 14. The average Bonchev–Trinajstić information content (AvgIpc) is 0.742. The average molecular weight is 1640 g/mol. The first-order chi connectivity index (χ1) is 43.1. The zero-order valence-corrected chi connectivity index (χ0v) is 58.9. The van der Waals surface area contributed by atoms with Gasteiger partial charge in [-0.2, -0.15) is 79.0 Å². The zero-order chi connectivity index (χ0) is 71.1. The summed E-state index contributed by atoms with van der Waals surface area (Å²) in [7, 11) is -51.9. The van der Waals surface area contributed by atoms with Crippen LogP contribution in [0.25, 0.3) is 0 Å². The van der Waals surface area contributed by atoms with Gasteiger partial charge in [0.1, 0.15) is 57.0 Å². The van der Waals surface area contributed by atoms with E-state index < -0.39 is 114 Å². The van der Waals surface area contributed by atoms with Crippen molar-refractivity contribution in [3.63, 3.8) is 0 Å². The molecule has 0 saturated heterocycles. The number of halogens is 19. The van der Waals surface area contributed by atoms with E-state index in [0.717, 1.165) is 0 Å². The number of hydrogen-bond donors (Lipinski definition) is 0. The van der Waals surface area contributed by atoms with Gasteiger partial charge in [0.15, 0.2) is 59.0 Å². The van der Waals surface area contributed by atoms with E-state index in [4.69, 9.17) is 0 Å². The van der Waals surface area contributed by atoms with E-state index >= 15 is 0 Å². The molecule has 8 aromatic carbocycles. The van der Waals surface area contributed by atoms with Crippen molar-refractivity contribution in [1.29, 1.82) is 0 Å². The molecule has 0 aromatic heterocycles. The molecule has 0 bridgehead atoms. The molecule has 524 valence electrons.